The standard InChI is InChI=1S/C23H32N6O2/c1-16-6-8-29(15-19-5-4-7-24-14-19)23(31)20(16)22(30)28-11-9-27(10-12-28)21-18(3)25-13-17(2)26-21/h6,8,13,19,24H,4-5,7,9-12,14-15H2,1-3H3. The summed E-state index contributed by atoms with van der Waals surface area (Å²) in [5.41, 5.74) is 2.66. The third-order valence-corrected chi connectivity index (χ3v) is 6.36. The van der Waals surface area contributed by atoms with Gasteiger partial charge in [0.2, 0.25) is 0 Å². The molecule has 0 saturated carbocycles. The summed E-state index contributed by atoms with van der Waals surface area (Å²) in [7, 11) is 0. The fourth-order valence-corrected chi connectivity index (χ4v) is 4.53. The number of piperazine rings is 1. The highest BCUT2D eigenvalue weighted by molar-refractivity contribution is 5.95. The van der Waals surface area contributed by atoms with Crippen molar-refractivity contribution in [2.45, 2.75) is 40.2 Å². The normalized spacial score (nSPS) is 19.5. The Labute approximate surface area is 183 Å². The zero-order valence-electron chi connectivity index (χ0n) is 18.7. The SMILES string of the molecule is Cc1cnc(C)c(N2CCN(C(=O)c3c(C)ccn(CC4CCCNC4)c3=O)CC2)n1. The van der Waals surface area contributed by atoms with Crippen LogP contribution in [0.15, 0.2) is 23.3 Å². The molecule has 2 aliphatic heterocycles. The van der Waals surface area contributed by atoms with Gasteiger partial charge in [-0.1, -0.05) is 0 Å². The van der Waals surface area contributed by atoms with E-state index >= 15 is 0 Å². The number of carbonyl (C=O) groups excluding carboxylic acids is 1. The Kier molecular flexibility index (Phi) is 6.36. The Bertz CT molecular complexity index is 1000. The summed E-state index contributed by atoms with van der Waals surface area (Å²) in [6.07, 6.45) is 5.84. The van der Waals surface area contributed by atoms with E-state index in [0.717, 1.165) is 48.7 Å². The number of nitrogens with zero attached hydrogens (tertiary/aromatic N) is 5. The predicted octanol–water partition coefficient (Wildman–Crippen LogP) is 1.53. The zero-order valence-corrected chi connectivity index (χ0v) is 18.7. The van der Waals surface area contributed by atoms with E-state index in [-0.39, 0.29) is 11.5 Å². The third kappa shape index (κ3) is 4.63. The number of pyridine rings is 1. The zero-order chi connectivity index (χ0) is 22.0. The number of anilines is 1. The van der Waals surface area contributed by atoms with Gasteiger partial charge >= 0.3 is 0 Å². The molecule has 4 rings (SSSR count). The lowest BCUT2D eigenvalue weighted by Crippen LogP contribution is -2.50. The van der Waals surface area contributed by atoms with Crippen LogP contribution < -0.4 is 15.8 Å². The van der Waals surface area contributed by atoms with Crippen LogP contribution in [0.2, 0.25) is 0 Å². The van der Waals surface area contributed by atoms with Crippen LogP contribution in [0.25, 0.3) is 0 Å². The summed E-state index contributed by atoms with van der Waals surface area (Å²) in [6.45, 7) is 10.8. The van der Waals surface area contributed by atoms with Crippen molar-refractivity contribution in [3.05, 3.63) is 51.3 Å². The molecule has 8 nitrogen and oxygen atoms in total. The maximum Gasteiger partial charge on any atom is 0.263 e. The summed E-state index contributed by atoms with van der Waals surface area (Å²) >= 11 is 0. The molecule has 166 valence electrons. The molecular weight excluding hydrogens is 392 g/mol. The first-order chi connectivity index (χ1) is 14.9. The summed E-state index contributed by atoms with van der Waals surface area (Å²) in [5.74, 6) is 1.15. The number of rotatable bonds is 4. The molecule has 2 aliphatic rings. The lowest BCUT2D eigenvalue weighted by Gasteiger charge is -2.36. The van der Waals surface area contributed by atoms with Crippen molar-refractivity contribution in [3.63, 3.8) is 0 Å². The topological polar surface area (TPSA) is 83.4 Å². The minimum Gasteiger partial charge on any atom is -0.352 e. The Morgan fingerprint density at radius 2 is 1.97 bits per heavy atom. The summed E-state index contributed by atoms with van der Waals surface area (Å²) in [4.78, 5) is 39.5. The molecule has 0 bridgehead atoms. The summed E-state index contributed by atoms with van der Waals surface area (Å²) in [5, 5.41) is 3.40. The second-order valence-corrected chi connectivity index (χ2v) is 8.74. The molecule has 0 aromatic carbocycles. The highest BCUT2D eigenvalue weighted by Gasteiger charge is 2.27. The molecule has 0 radical (unpaired) electrons. The molecule has 8 heteroatoms. The van der Waals surface area contributed by atoms with Gasteiger partial charge in [-0.2, -0.15) is 0 Å². The number of hydrogen-bond acceptors (Lipinski definition) is 6. The van der Waals surface area contributed by atoms with Gasteiger partial charge in [-0.05, 0) is 64.3 Å². The molecular formula is C23H32N6O2. The first-order valence-electron chi connectivity index (χ1n) is 11.2. The van der Waals surface area contributed by atoms with Crippen LogP contribution in [0, 0.1) is 26.7 Å². The fraction of sp³-hybridized carbons (Fsp3) is 0.565. The van der Waals surface area contributed by atoms with E-state index in [1.54, 1.807) is 15.7 Å². The maximum absolute atomic E-state index is 13.3. The average Bonchev–Trinajstić information content (AvgIpc) is 2.78. The van der Waals surface area contributed by atoms with Crippen LogP contribution in [0.5, 0.6) is 0 Å². The Balaban J connectivity index is 1.48. The van der Waals surface area contributed by atoms with Crippen molar-refractivity contribution in [3.8, 4) is 0 Å². The van der Waals surface area contributed by atoms with Gasteiger partial charge in [-0.25, -0.2) is 4.98 Å². The lowest BCUT2D eigenvalue weighted by atomic mass is 9.99. The first-order valence-corrected chi connectivity index (χ1v) is 11.2. The van der Waals surface area contributed by atoms with E-state index in [1.807, 2.05) is 33.0 Å². The highest BCUT2D eigenvalue weighted by Crippen LogP contribution is 2.19. The fourth-order valence-electron chi connectivity index (χ4n) is 4.53. The largest absolute Gasteiger partial charge is 0.352 e. The Morgan fingerprint density at radius 3 is 2.68 bits per heavy atom. The van der Waals surface area contributed by atoms with E-state index in [1.165, 1.54) is 0 Å². The van der Waals surface area contributed by atoms with E-state index in [0.29, 0.717) is 44.2 Å². The minimum atomic E-state index is -0.168. The van der Waals surface area contributed by atoms with E-state index < -0.39 is 0 Å². The smallest absolute Gasteiger partial charge is 0.263 e. The van der Waals surface area contributed by atoms with Crippen molar-refractivity contribution in [1.82, 2.24) is 24.8 Å². The molecule has 2 aromatic rings. The maximum atomic E-state index is 13.3. The van der Waals surface area contributed by atoms with Gasteiger partial charge < -0.3 is 19.7 Å². The lowest BCUT2D eigenvalue weighted by molar-refractivity contribution is 0.0743. The van der Waals surface area contributed by atoms with Gasteiger partial charge in [0.25, 0.3) is 11.5 Å². The van der Waals surface area contributed by atoms with Crippen LogP contribution >= 0.6 is 0 Å². The molecule has 2 fully saturated rings. The van der Waals surface area contributed by atoms with Gasteiger partial charge in [-0.15, -0.1) is 0 Å². The Hall–Kier alpha value is -2.74. The monoisotopic (exact) mass is 424 g/mol. The van der Waals surface area contributed by atoms with Gasteiger partial charge in [-0.3, -0.25) is 14.6 Å². The molecule has 1 amide bonds. The molecule has 2 saturated heterocycles. The Morgan fingerprint density at radius 1 is 1.19 bits per heavy atom. The van der Waals surface area contributed by atoms with E-state index in [4.69, 9.17) is 0 Å². The minimum absolute atomic E-state index is 0.162. The molecule has 0 spiro atoms. The van der Waals surface area contributed by atoms with Gasteiger partial charge in [0.05, 0.1) is 11.4 Å². The number of aryl methyl sites for hydroxylation is 3. The average molecular weight is 425 g/mol. The number of nitrogens with one attached hydrogen (secondary N) is 1. The second-order valence-electron chi connectivity index (χ2n) is 8.74. The summed E-state index contributed by atoms with van der Waals surface area (Å²) < 4.78 is 1.72. The van der Waals surface area contributed by atoms with Gasteiger partial charge in [0.1, 0.15) is 11.4 Å². The van der Waals surface area contributed by atoms with Crippen LogP contribution in [-0.4, -0.2) is 64.6 Å². The third-order valence-electron chi connectivity index (χ3n) is 6.36. The van der Waals surface area contributed by atoms with Crippen molar-refractivity contribution in [1.29, 1.82) is 0 Å². The number of aromatic nitrogens is 3. The van der Waals surface area contributed by atoms with Crippen molar-refractivity contribution in [2.75, 3.05) is 44.2 Å². The molecule has 1 atom stereocenters. The number of amides is 1. The van der Waals surface area contributed by atoms with Crippen LogP contribution in [-0.2, 0) is 6.54 Å². The molecule has 1 N–H and O–H groups in total. The number of hydrogen-bond donors (Lipinski definition) is 1. The molecule has 2 aromatic heterocycles. The summed E-state index contributed by atoms with van der Waals surface area (Å²) in [6, 6.07) is 1.90. The van der Waals surface area contributed by atoms with E-state index in [2.05, 4.69) is 20.2 Å². The number of piperidine rings is 1. The molecule has 4 heterocycles. The molecule has 0 aliphatic carbocycles. The molecule has 31 heavy (non-hydrogen) atoms. The first kappa shape index (κ1) is 21.5. The van der Waals surface area contributed by atoms with Gasteiger partial charge in [0, 0.05) is 45.1 Å². The van der Waals surface area contributed by atoms with Crippen LogP contribution in [0.1, 0.15) is 40.2 Å². The predicted molar refractivity (Wildman–Crippen MR) is 121 cm³/mol. The van der Waals surface area contributed by atoms with Gasteiger partial charge in [0.15, 0.2) is 0 Å². The van der Waals surface area contributed by atoms with Crippen LogP contribution in [0.3, 0.4) is 0 Å². The number of carbonyl (C=O) groups is 1. The van der Waals surface area contributed by atoms with Crippen LogP contribution in [0.4, 0.5) is 5.82 Å². The second kappa shape index (κ2) is 9.18. The highest BCUT2D eigenvalue weighted by atomic mass is 16.2. The van der Waals surface area contributed by atoms with Crippen molar-refractivity contribution < 1.29 is 4.79 Å². The molecule has 1 unspecified atom stereocenters. The quantitative estimate of drug-likeness (QED) is 0.801. The van der Waals surface area contributed by atoms with Crippen molar-refractivity contribution >= 4 is 11.7 Å². The van der Waals surface area contributed by atoms with Crippen molar-refractivity contribution in [2.24, 2.45) is 5.92 Å². The van der Waals surface area contributed by atoms with E-state index in [9.17, 15) is 9.59 Å².